The topological polar surface area (TPSA) is 90.9 Å². The molecular weight excluding hydrogens is 204 g/mol. The Hall–Kier alpha value is -2.06. The minimum atomic E-state index is -0.514. The van der Waals surface area contributed by atoms with E-state index in [0.29, 0.717) is 25.2 Å². The van der Waals surface area contributed by atoms with Gasteiger partial charge in [0.15, 0.2) is 0 Å². The van der Waals surface area contributed by atoms with E-state index in [1.54, 1.807) is 12.1 Å². The molecule has 2 amide bonds. The zero-order valence-electron chi connectivity index (χ0n) is 8.86. The van der Waals surface area contributed by atoms with Crippen LogP contribution in [0.4, 0.5) is 4.79 Å². The second-order valence-electron chi connectivity index (χ2n) is 3.28. The first-order chi connectivity index (χ1) is 7.72. The average molecular weight is 218 g/mol. The van der Waals surface area contributed by atoms with E-state index < -0.39 is 6.03 Å². The Balaban J connectivity index is 2.22. The van der Waals surface area contributed by atoms with Crippen LogP contribution >= 0.6 is 0 Å². The number of amides is 2. The summed E-state index contributed by atoms with van der Waals surface area (Å²) in [5.74, 6) is 0. The van der Waals surface area contributed by atoms with Crippen molar-refractivity contribution in [1.82, 2.24) is 10.6 Å². The standard InChI is InChI=1S/C11H14N4O/c12-7-9-1-3-10(4-2-9)8-14-5-6-15-11(13)16/h1-4,14H,5-6,8H2,(H3,13,15,16). The predicted octanol–water partition coefficient (Wildman–Crippen LogP) is 0.316. The molecule has 0 aliphatic rings. The van der Waals surface area contributed by atoms with Crippen LogP contribution in [0, 0.1) is 11.3 Å². The van der Waals surface area contributed by atoms with Gasteiger partial charge in [0.2, 0.25) is 0 Å². The van der Waals surface area contributed by atoms with Gasteiger partial charge in [-0.1, -0.05) is 12.1 Å². The first-order valence-corrected chi connectivity index (χ1v) is 4.95. The summed E-state index contributed by atoms with van der Waals surface area (Å²) in [4.78, 5) is 10.4. The fraction of sp³-hybridized carbons (Fsp3) is 0.273. The van der Waals surface area contributed by atoms with E-state index >= 15 is 0 Å². The molecule has 1 rings (SSSR count). The Labute approximate surface area is 94.2 Å². The molecule has 84 valence electrons. The maximum absolute atomic E-state index is 10.4. The van der Waals surface area contributed by atoms with E-state index in [4.69, 9.17) is 11.0 Å². The van der Waals surface area contributed by atoms with E-state index in [1.807, 2.05) is 12.1 Å². The summed E-state index contributed by atoms with van der Waals surface area (Å²) in [6, 6.07) is 8.89. The molecule has 1 aromatic rings. The molecule has 0 heterocycles. The number of nitrogens with one attached hydrogen (secondary N) is 2. The van der Waals surface area contributed by atoms with Crippen molar-refractivity contribution in [2.24, 2.45) is 5.73 Å². The molecule has 0 bridgehead atoms. The van der Waals surface area contributed by atoms with Crippen molar-refractivity contribution in [1.29, 1.82) is 5.26 Å². The number of hydrogen-bond acceptors (Lipinski definition) is 3. The Morgan fingerprint density at radius 2 is 2.00 bits per heavy atom. The first-order valence-electron chi connectivity index (χ1n) is 4.95. The van der Waals surface area contributed by atoms with Gasteiger partial charge in [-0.2, -0.15) is 5.26 Å². The number of hydrogen-bond donors (Lipinski definition) is 3. The third-order valence-electron chi connectivity index (χ3n) is 2.01. The number of benzene rings is 1. The lowest BCUT2D eigenvalue weighted by molar-refractivity contribution is 0.249. The van der Waals surface area contributed by atoms with Crippen molar-refractivity contribution in [3.8, 4) is 6.07 Å². The molecule has 0 aliphatic carbocycles. The summed E-state index contributed by atoms with van der Waals surface area (Å²) in [6.45, 7) is 1.86. The largest absolute Gasteiger partial charge is 0.352 e. The number of urea groups is 1. The molecule has 1 aromatic carbocycles. The molecule has 0 spiro atoms. The Morgan fingerprint density at radius 1 is 1.31 bits per heavy atom. The van der Waals surface area contributed by atoms with Crippen LogP contribution in [0.15, 0.2) is 24.3 Å². The lowest BCUT2D eigenvalue weighted by atomic mass is 10.1. The zero-order chi connectivity index (χ0) is 11.8. The molecule has 0 unspecified atom stereocenters. The molecular formula is C11H14N4O. The second-order valence-corrected chi connectivity index (χ2v) is 3.28. The molecule has 0 aromatic heterocycles. The van der Waals surface area contributed by atoms with Crippen LogP contribution in [-0.2, 0) is 6.54 Å². The van der Waals surface area contributed by atoms with E-state index in [0.717, 1.165) is 5.56 Å². The van der Waals surface area contributed by atoms with Crippen molar-refractivity contribution in [2.45, 2.75) is 6.54 Å². The predicted molar refractivity (Wildman–Crippen MR) is 60.4 cm³/mol. The van der Waals surface area contributed by atoms with Gasteiger partial charge in [-0.15, -0.1) is 0 Å². The van der Waals surface area contributed by atoms with Gasteiger partial charge in [0.05, 0.1) is 11.6 Å². The monoisotopic (exact) mass is 218 g/mol. The van der Waals surface area contributed by atoms with Gasteiger partial charge in [-0.05, 0) is 17.7 Å². The normalized spacial score (nSPS) is 9.44. The highest BCUT2D eigenvalue weighted by Crippen LogP contribution is 2.02. The third-order valence-corrected chi connectivity index (χ3v) is 2.01. The van der Waals surface area contributed by atoms with Crippen LogP contribution in [0.3, 0.4) is 0 Å². The highest BCUT2D eigenvalue weighted by molar-refractivity contribution is 5.71. The number of rotatable bonds is 5. The lowest BCUT2D eigenvalue weighted by Gasteiger charge is -2.05. The molecule has 0 aliphatic heterocycles. The Kier molecular flexibility index (Phi) is 4.83. The fourth-order valence-corrected chi connectivity index (χ4v) is 1.20. The number of primary amides is 1. The van der Waals surface area contributed by atoms with Gasteiger partial charge < -0.3 is 16.4 Å². The van der Waals surface area contributed by atoms with Crippen LogP contribution in [0.25, 0.3) is 0 Å². The van der Waals surface area contributed by atoms with Crippen LogP contribution in [0.1, 0.15) is 11.1 Å². The third kappa shape index (κ3) is 4.44. The van der Waals surface area contributed by atoms with Crippen LogP contribution in [0.5, 0.6) is 0 Å². The van der Waals surface area contributed by atoms with Gasteiger partial charge in [-0.3, -0.25) is 0 Å². The number of nitrogens with two attached hydrogens (primary N) is 1. The summed E-state index contributed by atoms with van der Waals surface area (Å²) >= 11 is 0. The van der Waals surface area contributed by atoms with Crippen LogP contribution in [-0.4, -0.2) is 19.1 Å². The van der Waals surface area contributed by atoms with Crippen molar-refractivity contribution >= 4 is 6.03 Å². The van der Waals surface area contributed by atoms with Crippen molar-refractivity contribution in [2.75, 3.05) is 13.1 Å². The van der Waals surface area contributed by atoms with Gasteiger partial charge in [0, 0.05) is 19.6 Å². The highest BCUT2D eigenvalue weighted by Gasteiger charge is 1.94. The van der Waals surface area contributed by atoms with E-state index in [9.17, 15) is 4.79 Å². The molecule has 0 saturated carbocycles. The summed E-state index contributed by atoms with van der Waals surface area (Å²) < 4.78 is 0. The summed E-state index contributed by atoms with van der Waals surface area (Å²) in [6.07, 6.45) is 0. The van der Waals surface area contributed by atoms with E-state index in [1.165, 1.54) is 0 Å². The molecule has 0 atom stereocenters. The van der Waals surface area contributed by atoms with Gasteiger partial charge in [0.25, 0.3) is 0 Å². The van der Waals surface area contributed by atoms with Crippen molar-refractivity contribution < 1.29 is 4.79 Å². The zero-order valence-corrected chi connectivity index (χ0v) is 8.86. The number of carbonyl (C=O) groups excluding carboxylic acids is 1. The highest BCUT2D eigenvalue weighted by atomic mass is 16.2. The lowest BCUT2D eigenvalue weighted by Crippen LogP contribution is -2.35. The Morgan fingerprint density at radius 3 is 2.56 bits per heavy atom. The van der Waals surface area contributed by atoms with Crippen LogP contribution < -0.4 is 16.4 Å². The quantitative estimate of drug-likeness (QED) is 0.621. The van der Waals surface area contributed by atoms with Crippen molar-refractivity contribution in [3.63, 3.8) is 0 Å². The number of nitriles is 1. The first kappa shape index (κ1) is 12.0. The summed E-state index contributed by atoms with van der Waals surface area (Å²) in [5.41, 5.74) is 6.66. The van der Waals surface area contributed by atoms with Gasteiger partial charge in [0.1, 0.15) is 0 Å². The molecule has 0 fully saturated rings. The molecule has 5 heteroatoms. The summed E-state index contributed by atoms with van der Waals surface area (Å²) in [7, 11) is 0. The smallest absolute Gasteiger partial charge is 0.312 e. The van der Waals surface area contributed by atoms with E-state index in [-0.39, 0.29) is 0 Å². The van der Waals surface area contributed by atoms with Gasteiger partial charge in [-0.25, -0.2) is 4.79 Å². The van der Waals surface area contributed by atoms with Crippen LogP contribution in [0.2, 0.25) is 0 Å². The maximum atomic E-state index is 10.4. The van der Waals surface area contributed by atoms with Gasteiger partial charge >= 0.3 is 6.03 Å². The minimum Gasteiger partial charge on any atom is -0.352 e. The maximum Gasteiger partial charge on any atom is 0.312 e. The van der Waals surface area contributed by atoms with E-state index in [2.05, 4.69) is 16.7 Å². The molecule has 5 nitrogen and oxygen atoms in total. The molecule has 4 N–H and O–H groups in total. The number of nitrogens with zero attached hydrogens (tertiary/aromatic N) is 1. The molecule has 0 radical (unpaired) electrons. The minimum absolute atomic E-state index is 0.506. The molecule has 0 saturated heterocycles. The second kappa shape index (κ2) is 6.43. The fourth-order valence-electron chi connectivity index (χ4n) is 1.20. The summed E-state index contributed by atoms with van der Waals surface area (Å²) in [5, 5.41) is 14.2. The Bertz CT molecular complexity index is 380. The molecule has 16 heavy (non-hydrogen) atoms. The SMILES string of the molecule is N#Cc1ccc(CNCCNC(N)=O)cc1. The average Bonchev–Trinajstić information content (AvgIpc) is 2.29. The van der Waals surface area contributed by atoms with Crippen molar-refractivity contribution in [3.05, 3.63) is 35.4 Å². The number of carbonyl (C=O) groups is 1.